The minimum absolute atomic E-state index is 0.0542. The Balaban J connectivity index is 2.06. The Morgan fingerprint density at radius 3 is 2.26 bits per heavy atom. The second-order valence-electron chi connectivity index (χ2n) is 5.66. The van der Waals surface area contributed by atoms with Crippen molar-refractivity contribution in [3.8, 4) is 22.6 Å². The van der Waals surface area contributed by atoms with Crippen LogP contribution in [0.5, 0.6) is 11.5 Å². The molecule has 0 atom stereocenters. The van der Waals surface area contributed by atoms with Gasteiger partial charge in [-0.1, -0.05) is 12.1 Å². The summed E-state index contributed by atoms with van der Waals surface area (Å²) in [6.07, 6.45) is -0.0542. The number of anilines is 1. The lowest BCUT2D eigenvalue weighted by Gasteiger charge is -2.21. The molecule has 0 bridgehead atoms. The molecule has 5 nitrogen and oxygen atoms in total. The zero-order chi connectivity index (χ0) is 16.4. The minimum Gasteiger partial charge on any atom is -0.486 e. The van der Waals surface area contributed by atoms with E-state index in [4.69, 9.17) is 9.47 Å². The van der Waals surface area contributed by atoms with Crippen molar-refractivity contribution in [3.05, 3.63) is 42.0 Å². The van der Waals surface area contributed by atoms with Gasteiger partial charge < -0.3 is 19.5 Å². The van der Waals surface area contributed by atoms with Gasteiger partial charge in [0.25, 0.3) is 0 Å². The highest BCUT2D eigenvalue weighted by Crippen LogP contribution is 2.38. The summed E-state index contributed by atoms with van der Waals surface area (Å²) < 4.78 is 11.2. The quantitative estimate of drug-likeness (QED) is 0.940. The molecule has 5 heteroatoms. The van der Waals surface area contributed by atoms with Gasteiger partial charge in [0.2, 0.25) is 0 Å². The maximum Gasteiger partial charge on any atom is 0.307 e. The maximum absolute atomic E-state index is 11.2. The van der Waals surface area contributed by atoms with Crippen molar-refractivity contribution in [2.24, 2.45) is 0 Å². The number of hydrogen-bond acceptors (Lipinski definition) is 4. The summed E-state index contributed by atoms with van der Waals surface area (Å²) in [6.45, 7) is 0.987. The first-order valence-corrected chi connectivity index (χ1v) is 7.46. The van der Waals surface area contributed by atoms with Crippen LogP contribution in [0, 0.1) is 0 Å². The van der Waals surface area contributed by atoms with E-state index in [9.17, 15) is 9.90 Å². The Hall–Kier alpha value is -2.69. The second-order valence-corrected chi connectivity index (χ2v) is 5.66. The average Bonchev–Trinajstić information content (AvgIpc) is 2.54. The van der Waals surface area contributed by atoms with Crippen LogP contribution >= 0.6 is 0 Å². The zero-order valence-electron chi connectivity index (χ0n) is 13.2. The number of carboxylic acid groups (broad SMARTS) is 1. The maximum atomic E-state index is 11.2. The fourth-order valence-electron chi connectivity index (χ4n) is 2.65. The molecule has 0 saturated carbocycles. The predicted molar refractivity (Wildman–Crippen MR) is 88.5 cm³/mol. The van der Waals surface area contributed by atoms with Crippen LogP contribution in [-0.2, 0) is 11.2 Å². The first-order valence-electron chi connectivity index (χ1n) is 7.46. The molecular weight excluding hydrogens is 294 g/mol. The van der Waals surface area contributed by atoms with E-state index in [-0.39, 0.29) is 6.42 Å². The molecule has 23 heavy (non-hydrogen) atoms. The van der Waals surface area contributed by atoms with Crippen molar-refractivity contribution in [1.29, 1.82) is 0 Å². The topological polar surface area (TPSA) is 59.0 Å². The third-order valence-corrected chi connectivity index (χ3v) is 3.80. The Bertz CT molecular complexity index is 723. The average molecular weight is 313 g/mol. The molecule has 1 heterocycles. The molecule has 2 aromatic carbocycles. The fraction of sp³-hybridized carbons (Fsp3) is 0.278. The molecule has 0 saturated heterocycles. The number of ether oxygens (including phenoxy) is 2. The van der Waals surface area contributed by atoms with Crippen LogP contribution in [0.1, 0.15) is 5.56 Å². The predicted octanol–water partition coefficient (Wildman–Crippen LogP) is 2.82. The van der Waals surface area contributed by atoms with Gasteiger partial charge >= 0.3 is 5.97 Å². The summed E-state index contributed by atoms with van der Waals surface area (Å²) >= 11 is 0. The van der Waals surface area contributed by atoms with Gasteiger partial charge in [-0.15, -0.1) is 0 Å². The summed E-state index contributed by atoms with van der Waals surface area (Å²) in [5.41, 5.74) is 3.64. The standard InChI is InChI=1S/C18H19NO4/c1-19(2)14-5-3-12(4-6-14)15-11-17-16(22-7-8-23-17)9-13(15)10-18(20)21/h3-6,9,11H,7-8,10H2,1-2H3,(H,20,21). The van der Waals surface area contributed by atoms with E-state index in [2.05, 4.69) is 0 Å². The summed E-state index contributed by atoms with van der Waals surface area (Å²) in [6, 6.07) is 11.7. The van der Waals surface area contributed by atoms with Gasteiger partial charge in [0.1, 0.15) is 13.2 Å². The van der Waals surface area contributed by atoms with Gasteiger partial charge in [0.05, 0.1) is 6.42 Å². The molecule has 3 rings (SSSR count). The molecule has 0 fully saturated rings. The number of nitrogens with zero attached hydrogens (tertiary/aromatic N) is 1. The number of aliphatic carboxylic acids is 1. The Morgan fingerprint density at radius 1 is 1.09 bits per heavy atom. The number of fused-ring (bicyclic) bond motifs is 1. The lowest BCUT2D eigenvalue weighted by Crippen LogP contribution is -2.16. The Kier molecular flexibility index (Phi) is 4.10. The first kappa shape index (κ1) is 15.2. The lowest BCUT2D eigenvalue weighted by atomic mass is 9.96. The van der Waals surface area contributed by atoms with Crippen molar-refractivity contribution < 1.29 is 19.4 Å². The molecule has 1 aliphatic rings. The van der Waals surface area contributed by atoms with E-state index in [0.717, 1.165) is 22.4 Å². The molecule has 0 unspecified atom stereocenters. The van der Waals surface area contributed by atoms with E-state index in [1.165, 1.54) is 0 Å². The van der Waals surface area contributed by atoms with Gasteiger partial charge in [-0.3, -0.25) is 4.79 Å². The highest BCUT2D eigenvalue weighted by atomic mass is 16.6. The molecule has 1 N–H and O–H groups in total. The summed E-state index contributed by atoms with van der Waals surface area (Å²) in [4.78, 5) is 13.2. The van der Waals surface area contributed by atoms with Crippen molar-refractivity contribution in [3.63, 3.8) is 0 Å². The third kappa shape index (κ3) is 3.23. The normalized spacial score (nSPS) is 12.8. The van der Waals surface area contributed by atoms with Crippen molar-refractivity contribution in [1.82, 2.24) is 0 Å². The van der Waals surface area contributed by atoms with Gasteiger partial charge in [0, 0.05) is 19.8 Å². The SMILES string of the molecule is CN(C)c1ccc(-c2cc3c(cc2CC(=O)O)OCCO3)cc1. The highest BCUT2D eigenvalue weighted by Gasteiger charge is 2.18. The van der Waals surface area contributed by atoms with Crippen LogP contribution < -0.4 is 14.4 Å². The molecule has 0 amide bonds. The first-order chi connectivity index (χ1) is 11.0. The van der Waals surface area contributed by atoms with Crippen molar-refractivity contribution >= 4 is 11.7 Å². The van der Waals surface area contributed by atoms with E-state index in [0.29, 0.717) is 24.7 Å². The molecule has 1 aliphatic heterocycles. The molecule has 0 aliphatic carbocycles. The highest BCUT2D eigenvalue weighted by molar-refractivity contribution is 5.79. The van der Waals surface area contributed by atoms with Gasteiger partial charge in [0.15, 0.2) is 11.5 Å². The largest absolute Gasteiger partial charge is 0.486 e. The number of hydrogen-bond donors (Lipinski definition) is 1. The molecule has 0 radical (unpaired) electrons. The molecule has 120 valence electrons. The number of rotatable bonds is 4. The zero-order valence-corrected chi connectivity index (χ0v) is 13.2. The van der Waals surface area contributed by atoms with Gasteiger partial charge in [-0.05, 0) is 41.0 Å². The lowest BCUT2D eigenvalue weighted by molar-refractivity contribution is -0.136. The van der Waals surface area contributed by atoms with Crippen LogP contribution in [0.25, 0.3) is 11.1 Å². The number of carbonyl (C=O) groups is 1. The fourth-order valence-corrected chi connectivity index (χ4v) is 2.65. The van der Waals surface area contributed by atoms with E-state index in [1.54, 1.807) is 6.07 Å². The number of carboxylic acids is 1. The van der Waals surface area contributed by atoms with Crippen LogP contribution in [0.2, 0.25) is 0 Å². The van der Waals surface area contributed by atoms with Crippen LogP contribution in [0.15, 0.2) is 36.4 Å². The Morgan fingerprint density at radius 2 is 1.70 bits per heavy atom. The monoisotopic (exact) mass is 313 g/mol. The van der Waals surface area contributed by atoms with Gasteiger partial charge in [-0.25, -0.2) is 0 Å². The van der Waals surface area contributed by atoms with Crippen LogP contribution in [0.4, 0.5) is 5.69 Å². The summed E-state index contributed by atoms with van der Waals surface area (Å²) in [5, 5.41) is 9.18. The Labute approximate surface area is 135 Å². The molecule has 2 aromatic rings. The van der Waals surface area contributed by atoms with Crippen LogP contribution in [-0.4, -0.2) is 38.4 Å². The molecular formula is C18H19NO4. The van der Waals surface area contributed by atoms with Gasteiger partial charge in [-0.2, -0.15) is 0 Å². The second kappa shape index (κ2) is 6.20. The minimum atomic E-state index is -0.868. The molecule has 0 spiro atoms. The number of benzene rings is 2. The third-order valence-electron chi connectivity index (χ3n) is 3.80. The van der Waals surface area contributed by atoms with Crippen LogP contribution in [0.3, 0.4) is 0 Å². The van der Waals surface area contributed by atoms with E-state index in [1.807, 2.05) is 49.3 Å². The van der Waals surface area contributed by atoms with E-state index < -0.39 is 5.97 Å². The smallest absolute Gasteiger partial charge is 0.307 e. The van der Waals surface area contributed by atoms with Crippen molar-refractivity contribution in [2.75, 3.05) is 32.2 Å². The molecule has 0 aromatic heterocycles. The summed E-state index contributed by atoms with van der Waals surface area (Å²) in [5.74, 6) is 0.408. The van der Waals surface area contributed by atoms with E-state index >= 15 is 0 Å². The summed E-state index contributed by atoms with van der Waals surface area (Å²) in [7, 11) is 3.96. The van der Waals surface area contributed by atoms with Crippen molar-refractivity contribution in [2.45, 2.75) is 6.42 Å².